The number of carbonyl (C=O) groups is 1. The second kappa shape index (κ2) is 13.8. The molecule has 0 unspecified atom stereocenters. The average Bonchev–Trinajstić information content (AvgIpc) is 2.95. The highest BCUT2D eigenvalue weighted by molar-refractivity contribution is 6.31. The van der Waals surface area contributed by atoms with Gasteiger partial charge in [0.2, 0.25) is 11.9 Å². The first-order valence-electron chi connectivity index (χ1n) is 14.3. The van der Waals surface area contributed by atoms with E-state index in [9.17, 15) is 4.79 Å². The van der Waals surface area contributed by atoms with Gasteiger partial charge in [-0.3, -0.25) is 9.69 Å². The van der Waals surface area contributed by atoms with Gasteiger partial charge in [-0.2, -0.15) is 0 Å². The van der Waals surface area contributed by atoms with Crippen molar-refractivity contribution in [2.45, 2.75) is 52.0 Å². The van der Waals surface area contributed by atoms with Crippen molar-refractivity contribution < 1.29 is 14.3 Å². The van der Waals surface area contributed by atoms with Crippen LogP contribution in [0.3, 0.4) is 0 Å². The molecule has 1 amide bonds. The lowest BCUT2D eigenvalue weighted by Gasteiger charge is -2.30. The standard InChI is InChI=1S/C31H38ClN5O3/c1-23-12-15-37(16-13-23)31-33-19-24(20-34-31)21-36-14-6-2-3-7-17-39-28-8-4-5-9-29(28)40-27-11-10-25(32)18-26(27)35-30(38)22-36/h4-5,8-11,18-20,23H,2-3,6-7,12-17,21-22H2,1H3,(H,35,38). The van der Waals surface area contributed by atoms with E-state index in [4.69, 9.17) is 21.1 Å². The topological polar surface area (TPSA) is 79.8 Å². The summed E-state index contributed by atoms with van der Waals surface area (Å²) in [5, 5.41) is 3.53. The highest BCUT2D eigenvalue weighted by Gasteiger charge is 2.19. The summed E-state index contributed by atoms with van der Waals surface area (Å²) in [6.07, 6.45) is 10.2. The first-order valence-corrected chi connectivity index (χ1v) is 14.7. The summed E-state index contributed by atoms with van der Waals surface area (Å²) in [5.41, 5.74) is 1.51. The van der Waals surface area contributed by atoms with Crippen LogP contribution in [0, 0.1) is 5.92 Å². The fraction of sp³-hybridized carbons (Fsp3) is 0.452. The van der Waals surface area contributed by atoms with E-state index in [0.717, 1.165) is 62.7 Å². The number of nitrogens with zero attached hydrogens (tertiary/aromatic N) is 4. The van der Waals surface area contributed by atoms with Gasteiger partial charge >= 0.3 is 0 Å². The van der Waals surface area contributed by atoms with E-state index in [0.29, 0.717) is 41.1 Å². The Balaban J connectivity index is 1.30. The van der Waals surface area contributed by atoms with Crippen molar-refractivity contribution in [3.05, 3.63) is 65.4 Å². The average molecular weight is 564 g/mol. The van der Waals surface area contributed by atoms with Gasteiger partial charge in [-0.1, -0.05) is 43.5 Å². The number of aromatic nitrogens is 2. The quantitative estimate of drug-likeness (QED) is 0.387. The molecule has 0 aliphatic carbocycles. The van der Waals surface area contributed by atoms with Gasteiger partial charge in [-0.05, 0) is 68.5 Å². The number of para-hydroxylation sites is 2. The Morgan fingerprint density at radius 3 is 2.50 bits per heavy atom. The van der Waals surface area contributed by atoms with Crippen LogP contribution in [0.4, 0.5) is 11.6 Å². The van der Waals surface area contributed by atoms with Crippen LogP contribution in [0.1, 0.15) is 51.0 Å². The third-order valence-electron chi connectivity index (χ3n) is 7.44. The Morgan fingerprint density at radius 1 is 0.950 bits per heavy atom. The van der Waals surface area contributed by atoms with Gasteiger partial charge in [-0.15, -0.1) is 0 Å². The number of nitrogens with one attached hydrogen (secondary N) is 1. The molecule has 1 saturated heterocycles. The van der Waals surface area contributed by atoms with Crippen LogP contribution in [0.15, 0.2) is 54.9 Å². The smallest absolute Gasteiger partial charge is 0.238 e. The van der Waals surface area contributed by atoms with Gasteiger partial charge in [0.15, 0.2) is 17.2 Å². The molecule has 1 aromatic heterocycles. The molecular weight excluding hydrogens is 526 g/mol. The van der Waals surface area contributed by atoms with Crippen molar-refractivity contribution in [1.82, 2.24) is 14.9 Å². The Labute approximate surface area is 241 Å². The maximum atomic E-state index is 13.3. The van der Waals surface area contributed by atoms with Crippen LogP contribution in [0.25, 0.3) is 0 Å². The van der Waals surface area contributed by atoms with Gasteiger partial charge in [-0.25, -0.2) is 9.97 Å². The van der Waals surface area contributed by atoms with Crippen molar-refractivity contribution in [2.75, 3.05) is 43.0 Å². The van der Waals surface area contributed by atoms with Crippen LogP contribution in [-0.4, -0.2) is 53.6 Å². The molecule has 0 saturated carbocycles. The minimum atomic E-state index is -0.135. The monoisotopic (exact) mass is 563 g/mol. The summed E-state index contributed by atoms with van der Waals surface area (Å²) in [7, 11) is 0. The van der Waals surface area contributed by atoms with Crippen LogP contribution in [0.5, 0.6) is 17.2 Å². The Morgan fingerprint density at radius 2 is 1.70 bits per heavy atom. The number of carbonyl (C=O) groups excluding carboxylic acids is 1. The van der Waals surface area contributed by atoms with E-state index in [1.54, 1.807) is 18.2 Å². The van der Waals surface area contributed by atoms with E-state index in [-0.39, 0.29) is 12.5 Å². The normalized spacial score (nSPS) is 18.1. The number of amides is 1. The van der Waals surface area contributed by atoms with Crippen molar-refractivity contribution in [2.24, 2.45) is 5.92 Å². The second-order valence-corrected chi connectivity index (χ2v) is 11.2. The molecule has 3 aromatic rings. The lowest BCUT2D eigenvalue weighted by atomic mass is 10.00. The van der Waals surface area contributed by atoms with Crippen LogP contribution >= 0.6 is 11.6 Å². The fourth-order valence-corrected chi connectivity index (χ4v) is 5.27. The number of hydrogen-bond donors (Lipinski definition) is 1. The molecule has 0 atom stereocenters. The molecule has 1 fully saturated rings. The van der Waals surface area contributed by atoms with Gasteiger partial charge in [0.1, 0.15) is 0 Å². The lowest BCUT2D eigenvalue weighted by molar-refractivity contribution is -0.117. The molecule has 0 bridgehead atoms. The molecule has 1 N–H and O–H groups in total. The number of piperidine rings is 1. The summed E-state index contributed by atoms with van der Waals surface area (Å²) in [6, 6.07) is 12.8. The molecule has 40 heavy (non-hydrogen) atoms. The van der Waals surface area contributed by atoms with Crippen molar-refractivity contribution in [1.29, 1.82) is 0 Å². The van der Waals surface area contributed by atoms with E-state index in [2.05, 4.69) is 32.0 Å². The van der Waals surface area contributed by atoms with E-state index >= 15 is 0 Å². The minimum Gasteiger partial charge on any atom is -0.490 e. The third kappa shape index (κ3) is 7.86. The molecule has 2 aliphatic rings. The number of halogens is 1. The summed E-state index contributed by atoms with van der Waals surface area (Å²) in [5.74, 6) is 3.19. The Kier molecular flexibility index (Phi) is 9.73. The molecule has 8 nitrogen and oxygen atoms in total. The molecular formula is C31H38ClN5O3. The van der Waals surface area contributed by atoms with Crippen LogP contribution in [-0.2, 0) is 11.3 Å². The number of benzene rings is 2. The predicted molar refractivity (Wildman–Crippen MR) is 158 cm³/mol. The molecule has 2 aromatic carbocycles. The maximum absolute atomic E-state index is 13.3. The second-order valence-electron chi connectivity index (χ2n) is 10.8. The summed E-state index contributed by atoms with van der Waals surface area (Å²) < 4.78 is 12.2. The number of rotatable bonds is 3. The van der Waals surface area contributed by atoms with Crippen molar-refractivity contribution in [3.8, 4) is 17.2 Å². The molecule has 0 radical (unpaired) electrons. The minimum absolute atomic E-state index is 0.135. The molecule has 2 aliphatic heterocycles. The maximum Gasteiger partial charge on any atom is 0.238 e. The highest BCUT2D eigenvalue weighted by Crippen LogP contribution is 2.36. The van der Waals surface area contributed by atoms with E-state index in [1.165, 1.54) is 12.8 Å². The van der Waals surface area contributed by atoms with Crippen LogP contribution < -0.4 is 19.7 Å². The number of anilines is 2. The number of fused-ring (bicyclic) bond motifs is 2. The number of hydrogen-bond acceptors (Lipinski definition) is 7. The zero-order chi connectivity index (χ0) is 27.7. The largest absolute Gasteiger partial charge is 0.490 e. The Bertz CT molecular complexity index is 1260. The van der Waals surface area contributed by atoms with E-state index in [1.807, 2.05) is 36.7 Å². The summed E-state index contributed by atoms with van der Waals surface area (Å²) >= 11 is 6.29. The predicted octanol–water partition coefficient (Wildman–Crippen LogP) is 6.55. The SMILES string of the molecule is CC1CCN(c2ncc(CN3CCCCCCOc4ccccc4Oc4ccc(Cl)cc4NC(=O)C3)cn2)CC1. The summed E-state index contributed by atoms with van der Waals surface area (Å²) in [4.78, 5) is 27.0. The first kappa shape index (κ1) is 28.2. The molecule has 0 spiro atoms. The Hall–Kier alpha value is -3.36. The zero-order valence-electron chi connectivity index (χ0n) is 23.2. The summed E-state index contributed by atoms with van der Waals surface area (Å²) in [6.45, 7) is 6.54. The molecule has 9 heteroatoms. The van der Waals surface area contributed by atoms with Gasteiger partial charge in [0, 0.05) is 42.6 Å². The molecule has 5 rings (SSSR count). The first-order chi connectivity index (χ1) is 19.5. The van der Waals surface area contributed by atoms with E-state index < -0.39 is 0 Å². The lowest BCUT2D eigenvalue weighted by Crippen LogP contribution is -2.35. The van der Waals surface area contributed by atoms with Crippen molar-refractivity contribution >= 4 is 29.1 Å². The van der Waals surface area contributed by atoms with Crippen molar-refractivity contribution in [3.63, 3.8) is 0 Å². The number of ether oxygens (including phenoxy) is 2. The molecule has 212 valence electrons. The zero-order valence-corrected chi connectivity index (χ0v) is 23.9. The highest BCUT2D eigenvalue weighted by atomic mass is 35.5. The van der Waals surface area contributed by atoms with Gasteiger partial charge in [0.05, 0.1) is 18.8 Å². The fourth-order valence-electron chi connectivity index (χ4n) is 5.10. The van der Waals surface area contributed by atoms with Gasteiger partial charge < -0.3 is 19.7 Å². The van der Waals surface area contributed by atoms with Crippen LogP contribution in [0.2, 0.25) is 5.02 Å². The van der Waals surface area contributed by atoms with Gasteiger partial charge in [0.25, 0.3) is 0 Å². The molecule has 3 heterocycles. The third-order valence-corrected chi connectivity index (χ3v) is 7.68.